The number of nitrogen functional groups attached to an aromatic ring is 1. The van der Waals surface area contributed by atoms with Crippen LogP contribution in [-0.2, 0) is 11.9 Å². The van der Waals surface area contributed by atoms with Gasteiger partial charge in [-0.05, 0) is 31.0 Å². The highest BCUT2D eigenvalue weighted by Crippen LogP contribution is 2.36. The number of nitrogens with zero attached hydrogens (tertiary/aromatic N) is 7. The second-order valence-corrected chi connectivity index (χ2v) is 8.37. The number of aromatic nitrogens is 7. The predicted octanol–water partition coefficient (Wildman–Crippen LogP) is 3.43. The second kappa shape index (κ2) is 7.97. The molecule has 1 fully saturated rings. The first-order valence-corrected chi connectivity index (χ1v) is 10.8. The zero-order chi connectivity index (χ0) is 22.3. The van der Waals surface area contributed by atoms with Crippen molar-refractivity contribution in [1.82, 2.24) is 35.2 Å². The molecule has 3 N–H and O–H groups in total. The smallest absolute Gasteiger partial charge is 0.384 e. The third kappa shape index (κ3) is 3.95. The van der Waals surface area contributed by atoms with Crippen molar-refractivity contribution >= 4 is 34.6 Å². The van der Waals surface area contributed by atoms with Gasteiger partial charge in [0.25, 0.3) is 0 Å². The maximum absolute atomic E-state index is 13.7. The van der Waals surface area contributed by atoms with Crippen LogP contribution in [0.15, 0.2) is 35.5 Å². The summed E-state index contributed by atoms with van der Waals surface area (Å²) in [5.41, 5.74) is 6.17. The minimum atomic E-state index is -4.59. The molecular formula is C19H18F3N9S. The van der Waals surface area contributed by atoms with Crippen LogP contribution in [-0.4, -0.2) is 48.2 Å². The Morgan fingerprint density at radius 2 is 2.00 bits per heavy atom. The highest BCUT2D eigenvalue weighted by atomic mass is 32.2. The molecule has 13 heteroatoms. The van der Waals surface area contributed by atoms with Crippen LogP contribution in [0.1, 0.15) is 24.1 Å². The Morgan fingerprint density at radius 3 is 2.72 bits per heavy atom. The molecule has 0 amide bonds. The molecule has 5 rings (SSSR count). The fourth-order valence-corrected chi connectivity index (χ4v) is 4.63. The van der Waals surface area contributed by atoms with Crippen LogP contribution in [0.5, 0.6) is 0 Å². The van der Waals surface area contributed by atoms with E-state index in [0.29, 0.717) is 21.7 Å². The van der Waals surface area contributed by atoms with Gasteiger partial charge in [-0.15, -0.1) is 16.9 Å². The fourth-order valence-electron chi connectivity index (χ4n) is 3.63. The first-order valence-electron chi connectivity index (χ1n) is 9.86. The van der Waals surface area contributed by atoms with Crippen LogP contribution in [0, 0.1) is 0 Å². The molecule has 32 heavy (non-hydrogen) atoms. The molecule has 0 aliphatic carbocycles. The fraction of sp³-hybridized carbons (Fsp3) is 0.316. The maximum atomic E-state index is 13.7. The van der Waals surface area contributed by atoms with E-state index in [1.165, 1.54) is 10.9 Å². The summed E-state index contributed by atoms with van der Waals surface area (Å²) < 4.78 is 42.2. The van der Waals surface area contributed by atoms with Crippen LogP contribution in [0.4, 0.5) is 24.8 Å². The summed E-state index contributed by atoms with van der Waals surface area (Å²) >= 11 is 1.16. The van der Waals surface area contributed by atoms with Crippen molar-refractivity contribution in [2.24, 2.45) is 0 Å². The topological polar surface area (TPSA) is 114 Å². The van der Waals surface area contributed by atoms with E-state index in [1.54, 1.807) is 18.3 Å². The van der Waals surface area contributed by atoms with Crippen molar-refractivity contribution in [3.63, 3.8) is 0 Å². The summed E-state index contributed by atoms with van der Waals surface area (Å²) in [5.74, 6) is 1.05. The van der Waals surface area contributed by atoms with E-state index in [0.717, 1.165) is 43.5 Å². The van der Waals surface area contributed by atoms with Gasteiger partial charge in [-0.3, -0.25) is 0 Å². The average molecular weight is 461 g/mol. The Balaban J connectivity index is 1.43. The molecule has 0 saturated carbocycles. The summed E-state index contributed by atoms with van der Waals surface area (Å²) in [6.07, 6.45) is 0.558. The first kappa shape index (κ1) is 20.5. The molecule has 0 aromatic carbocycles. The van der Waals surface area contributed by atoms with E-state index in [1.807, 2.05) is 6.07 Å². The van der Waals surface area contributed by atoms with Crippen LogP contribution < -0.4 is 10.6 Å². The third-order valence-corrected chi connectivity index (χ3v) is 6.23. The molecular weight excluding hydrogens is 443 g/mol. The van der Waals surface area contributed by atoms with Crippen molar-refractivity contribution in [1.29, 1.82) is 0 Å². The molecule has 0 radical (unpaired) electrons. The van der Waals surface area contributed by atoms with E-state index in [4.69, 9.17) is 5.73 Å². The number of fused-ring (bicyclic) bond motifs is 1. The van der Waals surface area contributed by atoms with Crippen LogP contribution in [0.3, 0.4) is 0 Å². The van der Waals surface area contributed by atoms with Gasteiger partial charge in [-0.25, -0.2) is 19.7 Å². The van der Waals surface area contributed by atoms with Gasteiger partial charge < -0.3 is 10.6 Å². The summed E-state index contributed by atoms with van der Waals surface area (Å²) in [6.45, 7) is 1.87. The molecule has 5 heterocycles. The molecule has 0 unspecified atom stereocenters. The van der Waals surface area contributed by atoms with Crippen LogP contribution in [0.2, 0.25) is 0 Å². The van der Waals surface area contributed by atoms with E-state index in [9.17, 15) is 13.2 Å². The minimum absolute atomic E-state index is 0.0134. The van der Waals surface area contributed by atoms with E-state index in [2.05, 4.69) is 35.4 Å². The molecule has 4 aromatic heterocycles. The number of alkyl halides is 3. The summed E-state index contributed by atoms with van der Waals surface area (Å²) in [4.78, 5) is 11.2. The molecule has 1 aliphatic rings. The van der Waals surface area contributed by atoms with Gasteiger partial charge in [0.05, 0.1) is 11.9 Å². The number of hydrogen-bond donors (Lipinski definition) is 2. The monoisotopic (exact) mass is 461 g/mol. The molecule has 0 atom stereocenters. The SMILES string of the molecule is Nc1cc(SCc2cn(-c3ccc(N4CCCC4)nc3)nc2C(F)(F)F)c2nn[nH]c2n1. The normalized spacial score (nSPS) is 14.5. The molecule has 166 valence electrons. The van der Waals surface area contributed by atoms with Crippen molar-refractivity contribution in [3.05, 3.63) is 41.9 Å². The van der Waals surface area contributed by atoms with Gasteiger partial charge in [0.2, 0.25) is 0 Å². The van der Waals surface area contributed by atoms with Gasteiger partial charge in [0.15, 0.2) is 11.3 Å². The number of anilines is 2. The Kier molecular flexibility index (Phi) is 5.12. The Morgan fingerprint density at radius 1 is 1.19 bits per heavy atom. The average Bonchev–Trinajstić information content (AvgIpc) is 3.51. The Hall–Kier alpha value is -3.35. The lowest BCUT2D eigenvalue weighted by molar-refractivity contribution is -0.141. The van der Waals surface area contributed by atoms with E-state index >= 15 is 0 Å². The van der Waals surface area contributed by atoms with Crippen LogP contribution >= 0.6 is 11.8 Å². The van der Waals surface area contributed by atoms with Crippen molar-refractivity contribution in [3.8, 4) is 5.69 Å². The number of halogens is 3. The van der Waals surface area contributed by atoms with Gasteiger partial charge >= 0.3 is 6.18 Å². The number of pyridine rings is 2. The quantitative estimate of drug-likeness (QED) is 0.435. The van der Waals surface area contributed by atoms with Gasteiger partial charge in [-0.2, -0.15) is 18.3 Å². The first-order chi connectivity index (χ1) is 15.4. The summed E-state index contributed by atoms with van der Waals surface area (Å²) in [7, 11) is 0. The Labute approximate surface area is 184 Å². The molecule has 1 aliphatic heterocycles. The Bertz CT molecular complexity index is 1240. The van der Waals surface area contributed by atoms with Crippen molar-refractivity contribution in [2.75, 3.05) is 23.7 Å². The number of H-pyrrole nitrogens is 1. The summed E-state index contributed by atoms with van der Waals surface area (Å²) in [5, 5.41) is 14.0. The number of rotatable bonds is 5. The molecule has 9 nitrogen and oxygen atoms in total. The zero-order valence-electron chi connectivity index (χ0n) is 16.7. The second-order valence-electron chi connectivity index (χ2n) is 7.36. The third-order valence-electron chi connectivity index (χ3n) is 5.15. The lowest BCUT2D eigenvalue weighted by atomic mass is 10.3. The van der Waals surface area contributed by atoms with Crippen molar-refractivity contribution in [2.45, 2.75) is 29.7 Å². The number of hydrogen-bond acceptors (Lipinski definition) is 8. The lowest BCUT2D eigenvalue weighted by Gasteiger charge is -2.16. The standard InChI is InChI=1S/C19H18F3N9S/c20-19(21,22)17-11(10-32-13-7-14(23)25-18-16(13)26-29-27-18)9-31(28-17)12-3-4-15(24-8-12)30-5-1-2-6-30/h3-4,7-9H,1-2,5-6,10H2,(H3,23,25,26,27,29). The zero-order valence-corrected chi connectivity index (χ0v) is 17.5. The maximum Gasteiger partial charge on any atom is 0.435 e. The number of nitrogens with one attached hydrogen (secondary N) is 1. The van der Waals surface area contributed by atoms with Crippen molar-refractivity contribution < 1.29 is 13.2 Å². The minimum Gasteiger partial charge on any atom is -0.384 e. The van der Waals surface area contributed by atoms with E-state index < -0.39 is 11.9 Å². The van der Waals surface area contributed by atoms with Gasteiger partial charge in [-0.1, -0.05) is 5.21 Å². The number of thioether (sulfide) groups is 1. The molecule has 4 aromatic rings. The largest absolute Gasteiger partial charge is 0.435 e. The van der Waals surface area contributed by atoms with Gasteiger partial charge in [0, 0.05) is 35.5 Å². The predicted molar refractivity (Wildman–Crippen MR) is 113 cm³/mol. The molecule has 0 spiro atoms. The number of aromatic amines is 1. The van der Waals surface area contributed by atoms with Crippen LogP contribution in [0.25, 0.3) is 16.9 Å². The summed E-state index contributed by atoms with van der Waals surface area (Å²) in [6, 6.07) is 5.10. The highest BCUT2D eigenvalue weighted by molar-refractivity contribution is 7.98. The molecule has 0 bridgehead atoms. The highest BCUT2D eigenvalue weighted by Gasteiger charge is 2.37. The van der Waals surface area contributed by atoms with Gasteiger partial charge in [0.1, 0.15) is 17.2 Å². The molecule has 1 saturated heterocycles. The van der Waals surface area contributed by atoms with E-state index in [-0.39, 0.29) is 17.1 Å². The number of nitrogens with two attached hydrogens (primary N) is 1. The lowest BCUT2D eigenvalue weighted by Crippen LogP contribution is -2.18.